The van der Waals surface area contributed by atoms with Crippen molar-refractivity contribution in [3.63, 3.8) is 0 Å². The van der Waals surface area contributed by atoms with E-state index in [1.807, 2.05) is 66.7 Å². The van der Waals surface area contributed by atoms with E-state index >= 15 is 0 Å². The number of carbonyl (C=O) groups is 1. The summed E-state index contributed by atoms with van der Waals surface area (Å²) in [6.07, 6.45) is 0. The van der Waals surface area contributed by atoms with E-state index in [1.165, 1.54) is 11.3 Å². The molecule has 0 saturated heterocycles. The Bertz CT molecular complexity index is 1310. The van der Waals surface area contributed by atoms with Crippen LogP contribution in [0, 0.1) is 0 Å². The number of para-hydroxylation sites is 1. The summed E-state index contributed by atoms with van der Waals surface area (Å²) >= 11 is 9.47. The molecule has 0 atom stereocenters. The SMILES string of the molecule is O=C(Nc1cccc(-c2nc3ccccc3s2)c1)c1sc2ccccc2c1Cl. The van der Waals surface area contributed by atoms with E-state index in [1.54, 1.807) is 11.3 Å². The molecule has 1 N–H and O–H groups in total. The number of aromatic nitrogens is 1. The molecule has 2 heterocycles. The Balaban J connectivity index is 1.46. The first kappa shape index (κ1) is 17.4. The zero-order valence-corrected chi connectivity index (χ0v) is 16.9. The van der Waals surface area contributed by atoms with Gasteiger partial charge in [-0.1, -0.05) is 54.1 Å². The number of hydrogen-bond donors (Lipinski definition) is 1. The Kier molecular flexibility index (Phi) is 4.36. The van der Waals surface area contributed by atoms with Gasteiger partial charge in [-0.3, -0.25) is 4.79 Å². The first-order valence-corrected chi connectivity index (χ1v) is 10.6. The van der Waals surface area contributed by atoms with Crippen LogP contribution in [0.25, 0.3) is 30.9 Å². The highest BCUT2D eigenvalue weighted by atomic mass is 35.5. The number of thiazole rings is 1. The Morgan fingerprint density at radius 3 is 2.50 bits per heavy atom. The molecular weight excluding hydrogens is 408 g/mol. The van der Waals surface area contributed by atoms with Crippen molar-refractivity contribution >= 4 is 66.2 Å². The molecule has 0 unspecified atom stereocenters. The zero-order chi connectivity index (χ0) is 19.1. The lowest BCUT2D eigenvalue weighted by Crippen LogP contribution is -2.10. The highest BCUT2D eigenvalue weighted by molar-refractivity contribution is 7.22. The number of amides is 1. The lowest BCUT2D eigenvalue weighted by molar-refractivity contribution is 0.103. The summed E-state index contributed by atoms with van der Waals surface area (Å²) < 4.78 is 2.14. The number of benzene rings is 3. The predicted molar refractivity (Wildman–Crippen MR) is 120 cm³/mol. The Morgan fingerprint density at radius 2 is 1.68 bits per heavy atom. The summed E-state index contributed by atoms with van der Waals surface area (Å²) in [6.45, 7) is 0. The van der Waals surface area contributed by atoms with Crippen LogP contribution in [-0.2, 0) is 0 Å². The topological polar surface area (TPSA) is 42.0 Å². The molecule has 0 bridgehead atoms. The Labute approximate surface area is 174 Å². The molecule has 1 amide bonds. The monoisotopic (exact) mass is 420 g/mol. The minimum Gasteiger partial charge on any atom is -0.321 e. The fraction of sp³-hybridized carbons (Fsp3) is 0. The molecule has 0 aliphatic carbocycles. The van der Waals surface area contributed by atoms with Crippen molar-refractivity contribution in [3.8, 4) is 10.6 Å². The normalized spacial score (nSPS) is 11.2. The number of anilines is 1. The fourth-order valence-electron chi connectivity index (χ4n) is 3.07. The summed E-state index contributed by atoms with van der Waals surface area (Å²) in [6, 6.07) is 23.6. The molecule has 0 fully saturated rings. The number of carbonyl (C=O) groups excluding carboxylic acids is 1. The van der Waals surface area contributed by atoms with Gasteiger partial charge in [-0.2, -0.15) is 0 Å². The van der Waals surface area contributed by atoms with Gasteiger partial charge in [0.05, 0.1) is 15.2 Å². The summed E-state index contributed by atoms with van der Waals surface area (Å²) in [5.41, 5.74) is 2.67. The first-order valence-electron chi connectivity index (χ1n) is 8.63. The minimum absolute atomic E-state index is 0.201. The molecule has 136 valence electrons. The molecule has 6 heteroatoms. The molecule has 3 nitrogen and oxygen atoms in total. The summed E-state index contributed by atoms with van der Waals surface area (Å²) in [5, 5.41) is 5.30. The smallest absolute Gasteiger partial charge is 0.267 e. The number of thiophene rings is 1. The third-order valence-corrected chi connectivity index (χ3v) is 7.16. The molecule has 5 aromatic rings. The molecule has 0 saturated carbocycles. The third-order valence-electron chi connectivity index (χ3n) is 4.40. The van der Waals surface area contributed by atoms with Gasteiger partial charge in [0, 0.05) is 21.3 Å². The van der Waals surface area contributed by atoms with Crippen molar-refractivity contribution in [1.82, 2.24) is 4.98 Å². The average molecular weight is 421 g/mol. The molecule has 0 aliphatic rings. The first-order chi connectivity index (χ1) is 13.7. The van der Waals surface area contributed by atoms with Crippen LogP contribution in [-0.4, -0.2) is 10.9 Å². The van der Waals surface area contributed by atoms with Crippen molar-refractivity contribution in [2.75, 3.05) is 5.32 Å². The molecule has 0 spiro atoms. The van der Waals surface area contributed by atoms with Crippen LogP contribution >= 0.6 is 34.3 Å². The maximum atomic E-state index is 12.8. The van der Waals surface area contributed by atoms with Crippen molar-refractivity contribution in [3.05, 3.63) is 82.7 Å². The summed E-state index contributed by atoms with van der Waals surface area (Å²) in [4.78, 5) is 18.0. The average Bonchev–Trinajstić information content (AvgIpc) is 3.30. The molecule has 28 heavy (non-hydrogen) atoms. The van der Waals surface area contributed by atoms with E-state index in [-0.39, 0.29) is 5.91 Å². The maximum absolute atomic E-state index is 12.8. The second-order valence-corrected chi connectivity index (χ2v) is 8.72. The lowest BCUT2D eigenvalue weighted by Gasteiger charge is -2.05. The molecule has 3 aromatic carbocycles. The summed E-state index contributed by atoms with van der Waals surface area (Å²) in [5.74, 6) is -0.201. The Morgan fingerprint density at radius 1 is 0.893 bits per heavy atom. The second kappa shape index (κ2) is 7.02. The van der Waals surface area contributed by atoms with E-state index in [0.717, 1.165) is 36.6 Å². The molecule has 2 aromatic heterocycles. The number of fused-ring (bicyclic) bond motifs is 2. The van der Waals surface area contributed by atoms with Crippen LogP contribution in [0.15, 0.2) is 72.8 Å². The number of halogens is 1. The maximum Gasteiger partial charge on any atom is 0.267 e. The van der Waals surface area contributed by atoms with Gasteiger partial charge in [0.15, 0.2) is 0 Å². The van der Waals surface area contributed by atoms with Crippen molar-refractivity contribution < 1.29 is 4.79 Å². The standard InChI is InChI=1S/C22H13ClN2OS2/c23-19-15-8-1-3-10-17(15)27-20(19)21(26)24-14-7-5-6-13(12-14)22-25-16-9-2-4-11-18(16)28-22/h1-12H,(H,24,26). The zero-order valence-electron chi connectivity index (χ0n) is 14.5. The van der Waals surface area contributed by atoms with Gasteiger partial charge in [-0.15, -0.1) is 22.7 Å². The fourth-order valence-corrected chi connectivity index (χ4v) is 5.45. The van der Waals surface area contributed by atoms with Crippen molar-refractivity contribution in [2.24, 2.45) is 0 Å². The number of nitrogens with one attached hydrogen (secondary N) is 1. The van der Waals surface area contributed by atoms with Crippen LogP contribution in [0.4, 0.5) is 5.69 Å². The molecule has 0 aliphatic heterocycles. The number of hydrogen-bond acceptors (Lipinski definition) is 4. The Hall–Kier alpha value is -2.73. The van der Waals surface area contributed by atoms with E-state index in [4.69, 9.17) is 16.6 Å². The molecule has 0 radical (unpaired) electrons. The van der Waals surface area contributed by atoms with Crippen LogP contribution in [0.2, 0.25) is 5.02 Å². The predicted octanol–water partition coefficient (Wildman–Crippen LogP) is 7.08. The van der Waals surface area contributed by atoms with Gasteiger partial charge in [-0.25, -0.2) is 4.98 Å². The second-order valence-electron chi connectivity index (χ2n) is 6.26. The van der Waals surface area contributed by atoms with Gasteiger partial charge in [0.2, 0.25) is 0 Å². The minimum atomic E-state index is -0.201. The number of rotatable bonds is 3. The van der Waals surface area contributed by atoms with Crippen LogP contribution < -0.4 is 5.32 Å². The third kappa shape index (κ3) is 3.07. The van der Waals surface area contributed by atoms with Crippen LogP contribution in [0.1, 0.15) is 9.67 Å². The van der Waals surface area contributed by atoms with E-state index < -0.39 is 0 Å². The van der Waals surface area contributed by atoms with Crippen molar-refractivity contribution in [2.45, 2.75) is 0 Å². The highest BCUT2D eigenvalue weighted by Gasteiger charge is 2.17. The van der Waals surface area contributed by atoms with E-state index in [9.17, 15) is 4.79 Å². The largest absolute Gasteiger partial charge is 0.321 e. The summed E-state index contributed by atoms with van der Waals surface area (Å²) in [7, 11) is 0. The van der Waals surface area contributed by atoms with Gasteiger partial charge >= 0.3 is 0 Å². The number of nitrogens with zero attached hydrogens (tertiary/aromatic N) is 1. The van der Waals surface area contributed by atoms with Crippen molar-refractivity contribution in [1.29, 1.82) is 0 Å². The van der Waals surface area contributed by atoms with Gasteiger partial charge in [0.25, 0.3) is 5.91 Å². The van der Waals surface area contributed by atoms with E-state index in [2.05, 4.69) is 11.4 Å². The molecule has 5 rings (SSSR count). The molecular formula is C22H13ClN2OS2. The van der Waals surface area contributed by atoms with Gasteiger partial charge < -0.3 is 5.32 Å². The quantitative estimate of drug-likeness (QED) is 0.338. The van der Waals surface area contributed by atoms with Crippen LogP contribution in [0.5, 0.6) is 0 Å². The van der Waals surface area contributed by atoms with Gasteiger partial charge in [0.1, 0.15) is 9.88 Å². The van der Waals surface area contributed by atoms with Gasteiger partial charge in [-0.05, 0) is 30.3 Å². The van der Waals surface area contributed by atoms with E-state index in [0.29, 0.717) is 9.90 Å². The van der Waals surface area contributed by atoms with Crippen LogP contribution in [0.3, 0.4) is 0 Å². The lowest BCUT2D eigenvalue weighted by atomic mass is 10.2. The highest BCUT2D eigenvalue weighted by Crippen LogP contribution is 2.36.